The van der Waals surface area contributed by atoms with Gasteiger partial charge in [-0.1, -0.05) is 39.8 Å². The Bertz CT molecular complexity index is 400. The highest BCUT2D eigenvalue weighted by molar-refractivity contribution is 5.46. The van der Waals surface area contributed by atoms with Gasteiger partial charge in [0.15, 0.2) is 11.5 Å². The number of ether oxygens (including phenoxy) is 2. The fourth-order valence-corrected chi connectivity index (χ4v) is 2.22. The predicted molar refractivity (Wildman–Crippen MR) is 89.2 cm³/mol. The molecule has 3 heteroatoms. The minimum absolute atomic E-state index is 0.246. The Balaban J connectivity index is 2.90. The molecule has 0 aliphatic rings. The molecular formula is C18H31NO2. The molecule has 0 fully saturated rings. The summed E-state index contributed by atoms with van der Waals surface area (Å²) in [7, 11) is 0. The molecule has 21 heavy (non-hydrogen) atoms. The van der Waals surface area contributed by atoms with Gasteiger partial charge in [-0.05, 0) is 38.3 Å². The number of rotatable bonds is 10. The van der Waals surface area contributed by atoms with Crippen LogP contribution in [0.15, 0.2) is 18.2 Å². The molecule has 0 aliphatic carbocycles. The van der Waals surface area contributed by atoms with Crippen LogP contribution in [0.2, 0.25) is 0 Å². The van der Waals surface area contributed by atoms with Crippen molar-refractivity contribution in [2.45, 2.75) is 60.1 Å². The van der Waals surface area contributed by atoms with E-state index >= 15 is 0 Å². The molecule has 0 heterocycles. The van der Waals surface area contributed by atoms with Crippen LogP contribution in [0.25, 0.3) is 0 Å². The molecule has 0 aliphatic heterocycles. The standard InChI is InChI=1S/C18H31NO2/c1-6-16(7-2)21-18-15(13-19-12-14(4)5)10-9-11-17(18)20-8-3/h9-11,14,16,19H,6-8,12-13H2,1-5H3. The van der Waals surface area contributed by atoms with Crippen molar-refractivity contribution in [3.05, 3.63) is 23.8 Å². The van der Waals surface area contributed by atoms with Crippen molar-refractivity contribution in [1.82, 2.24) is 5.32 Å². The Morgan fingerprint density at radius 2 is 1.81 bits per heavy atom. The largest absolute Gasteiger partial charge is 0.490 e. The maximum Gasteiger partial charge on any atom is 0.166 e. The molecule has 0 amide bonds. The van der Waals surface area contributed by atoms with Gasteiger partial charge in [0.2, 0.25) is 0 Å². The average molecular weight is 293 g/mol. The molecule has 1 aromatic rings. The summed E-state index contributed by atoms with van der Waals surface area (Å²) in [4.78, 5) is 0. The monoisotopic (exact) mass is 293 g/mol. The van der Waals surface area contributed by atoms with Gasteiger partial charge in [0, 0.05) is 12.1 Å². The van der Waals surface area contributed by atoms with Crippen LogP contribution in [0.4, 0.5) is 0 Å². The predicted octanol–water partition coefficient (Wildman–Crippen LogP) is 4.40. The van der Waals surface area contributed by atoms with Crippen molar-refractivity contribution in [2.24, 2.45) is 5.92 Å². The highest BCUT2D eigenvalue weighted by atomic mass is 16.5. The minimum atomic E-state index is 0.246. The Kier molecular flexibility index (Phi) is 8.21. The lowest BCUT2D eigenvalue weighted by molar-refractivity contribution is 0.179. The van der Waals surface area contributed by atoms with E-state index in [0.717, 1.165) is 37.4 Å². The highest BCUT2D eigenvalue weighted by Gasteiger charge is 2.15. The fraction of sp³-hybridized carbons (Fsp3) is 0.667. The lowest BCUT2D eigenvalue weighted by atomic mass is 10.1. The summed E-state index contributed by atoms with van der Waals surface area (Å²) in [6.07, 6.45) is 2.27. The Labute approximate surface area is 130 Å². The van der Waals surface area contributed by atoms with Crippen molar-refractivity contribution in [2.75, 3.05) is 13.2 Å². The van der Waals surface area contributed by atoms with Crippen LogP contribution in [0.1, 0.15) is 53.0 Å². The molecule has 1 aromatic carbocycles. The van der Waals surface area contributed by atoms with Gasteiger partial charge < -0.3 is 14.8 Å². The molecule has 1 rings (SSSR count). The van der Waals surface area contributed by atoms with Gasteiger partial charge in [-0.25, -0.2) is 0 Å². The summed E-state index contributed by atoms with van der Waals surface area (Å²) >= 11 is 0. The third-order valence-electron chi connectivity index (χ3n) is 3.42. The lowest BCUT2D eigenvalue weighted by Crippen LogP contribution is -2.21. The van der Waals surface area contributed by atoms with Crippen molar-refractivity contribution in [1.29, 1.82) is 0 Å². The first-order chi connectivity index (χ1) is 10.1. The van der Waals surface area contributed by atoms with E-state index < -0.39 is 0 Å². The van der Waals surface area contributed by atoms with E-state index in [0.29, 0.717) is 12.5 Å². The summed E-state index contributed by atoms with van der Waals surface area (Å²) in [6, 6.07) is 6.15. The number of para-hydroxylation sites is 1. The molecule has 0 unspecified atom stereocenters. The number of hydrogen-bond acceptors (Lipinski definition) is 3. The number of benzene rings is 1. The van der Waals surface area contributed by atoms with Crippen LogP contribution in [0.5, 0.6) is 11.5 Å². The molecule has 0 aromatic heterocycles. The van der Waals surface area contributed by atoms with Crippen molar-refractivity contribution >= 4 is 0 Å². The Morgan fingerprint density at radius 3 is 2.38 bits per heavy atom. The van der Waals surface area contributed by atoms with Gasteiger partial charge in [-0.2, -0.15) is 0 Å². The maximum absolute atomic E-state index is 6.22. The number of hydrogen-bond donors (Lipinski definition) is 1. The summed E-state index contributed by atoms with van der Waals surface area (Å²) in [6.45, 7) is 13.2. The van der Waals surface area contributed by atoms with Gasteiger partial charge in [0.05, 0.1) is 12.7 Å². The fourth-order valence-electron chi connectivity index (χ4n) is 2.22. The first-order valence-corrected chi connectivity index (χ1v) is 8.24. The first kappa shape index (κ1) is 17.8. The smallest absolute Gasteiger partial charge is 0.166 e. The molecule has 0 bridgehead atoms. The third-order valence-corrected chi connectivity index (χ3v) is 3.42. The molecule has 1 N–H and O–H groups in total. The van der Waals surface area contributed by atoms with Crippen LogP contribution in [0.3, 0.4) is 0 Å². The van der Waals surface area contributed by atoms with E-state index in [-0.39, 0.29) is 6.10 Å². The van der Waals surface area contributed by atoms with Crippen molar-refractivity contribution in [3.63, 3.8) is 0 Å². The van der Waals surface area contributed by atoms with Crippen LogP contribution in [-0.2, 0) is 6.54 Å². The van der Waals surface area contributed by atoms with Gasteiger partial charge in [0.1, 0.15) is 0 Å². The van der Waals surface area contributed by atoms with Crippen molar-refractivity contribution < 1.29 is 9.47 Å². The zero-order valence-corrected chi connectivity index (χ0v) is 14.2. The lowest BCUT2D eigenvalue weighted by Gasteiger charge is -2.21. The zero-order valence-electron chi connectivity index (χ0n) is 14.2. The minimum Gasteiger partial charge on any atom is -0.490 e. The van der Waals surface area contributed by atoms with E-state index in [9.17, 15) is 0 Å². The summed E-state index contributed by atoms with van der Waals surface area (Å²) < 4.78 is 12.0. The van der Waals surface area contributed by atoms with Gasteiger partial charge >= 0.3 is 0 Å². The topological polar surface area (TPSA) is 30.5 Å². The molecule has 0 radical (unpaired) electrons. The van der Waals surface area contributed by atoms with Gasteiger partial charge in [-0.3, -0.25) is 0 Å². The van der Waals surface area contributed by atoms with Crippen molar-refractivity contribution in [3.8, 4) is 11.5 Å². The maximum atomic E-state index is 6.22. The van der Waals surface area contributed by atoms with Gasteiger partial charge in [0.25, 0.3) is 0 Å². The van der Waals surface area contributed by atoms with Crippen LogP contribution in [-0.4, -0.2) is 19.3 Å². The second-order valence-corrected chi connectivity index (χ2v) is 5.76. The quantitative estimate of drug-likeness (QED) is 0.693. The second-order valence-electron chi connectivity index (χ2n) is 5.76. The third kappa shape index (κ3) is 5.96. The zero-order chi connectivity index (χ0) is 15.7. The van der Waals surface area contributed by atoms with Crippen LogP contribution in [0, 0.1) is 5.92 Å². The van der Waals surface area contributed by atoms with E-state index in [2.05, 4.69) is 39.1 Å². The Morgan fingerprint density at radius 1 is 1.10 bits per heavy atom. The van der Waals surface area contributed by atoms with E-state index in [1.807, 2.05) is 19.1 Å². The molecule has 0 atom stereocenters. The molecule has 0 saturated heterocycles. The summed E-state index contributed by atoms with van der Waals surface area (Å²) in [5.41, 5.74) is 1.17. The van der Waals surface area contributed by atoms with Crippen LogP contribution >= 0.6 is 0 Å². The number of nitrogens with one attached hydrogen (secondary N) is 1. The first-order valence-electron chi connectivity index (χ1n) is 8.24. The second kappa shape index (κ2) is 9.67. The molecule has 120 valence electrons. The summed E-state index contributed by atoms with van der Waals surface area (Å²) in [5, 5.41) is 3.48. The molecular weight excluding hydrogens is 262 g/mol. The summed E-state index contributed by atoms with van der Waals surface area (Å²) in [5.74, 6) is 2.40. The van der Waals surface area contributed by atoms with Gasteiger partial charge in [-0.15, -0.1) is 0 Å². The van der Waals surface area contributed by atoms with Crippen LogP contribution < -0.4 is 14.8 Å². The average Bonchev–Trinajstić information content (AvgIpc) is 2.46. The van der Waals surface area contributed by atoms with E-state index in [1.165, 1.54) is 5.56 Å². The normalized spacial score (nSPS) is 11.2. The highest BCUT2D eigenvalue weighted by Crippen LogP contribution is 2.33. The van der Waals surface area contributed by atoms with E-state index in [4.69, 9.17) is 9.47 Å². The SMILES string of the molecule is CCOc1cccc(CNCC(C)C)c1OC(CC)CC. The Hall–Kier alpha value is -1.22. The molecule has 0 saturated carbocycles. The molecule has 0 spiro atoms. The molecule has 3 nitrogen and oxygen atoms in total. The van der Waals surface area contributed by atoms with E-state index in [1.54, 1.807) is 0 Å².